The molecule has 6 nitrogen and oxygen atoms in total. The van der Waals surface area contributed by atoms with Crippen LogP contribution in [0.1, 0.15) is 23.5 Å². The summed E-state index contributed by atoms with van der Waals surface area (Å²) < 4.78 is 5.84. The molecule has 170 valence electrons. The van der Waals surface area contributed by atoms with Crippen LogP contribution < -0.4 is 15.4 Å². The normalized spacial score (nSPS) is 15.3. The minimum absolute atomic E-state index is 0.0780. The molecule has 0 saturated heterocycles. The number of hydrogen-bond acceptors (Lipinski definition) is 5. The fourth-order valence-corrected chi connectivity index (χ4v) is 4.49. The van der Waals surface area contributed by atoms with Crippen molar-refractivity contribution in [2.75, 3.05) is 11.1 Å². The Hall–Kier alpha value is -4.02. The van der Waals surface area contributed by atoms with Gasteiger partial charge < -0.3 is 15.4 Å². The largest absolute Gasteiger partial charge is 0.489 e. The Morgan fingerprint density at radius 2 is 1.71 bits per heavy atom. The van der Waals surface area contributed by atoms with E-state index in [1.54, 1.807) is 12.1 Å². The second kappa shape index (κ2) is 11.2. The number of para-hydroxylation sites is 1. The maximum Gasteiger partial charge on any atom is 0.234 e. The standard InChI is InChI=1S/C27H23N3O3S/c28-16-24-23(20-11-13-22(14-12-20)33-17-19-7-3-1-4-8-19)15-25(31)30-27(24)34-18-26(32)29-21-9-5-2-6-10-21/h1-14,23H,15,17-18H2,(H,29,32)(H,30,31)/t23-/m1/s1. The molecule has 34 heavy (non-hydrogen) atoms. The van der Waals surface area contributed by atoms with Gasteiger partial charge in [-0.2, -0.15) is 5.26 Å². The van der Waals surface area contributed by atoms with E-state index in [-0.39, 0.29) is 29.9 Å². The van der Waals surface area contributed by atoms with Gasteiger partial charge in [0.05, 0.1) is 22.4 Å². The van der Waals surface area contributed by atoms with E-state index in [1.165, 1.54) is 0 Å². The van der Waals surface area contributed by atoms with Crippen LogP contribution in [0, 0.1) is 11.3 Å². The molecule has 1 heterocycles. The molecule has 0 saturated carbocycles. The summed E-state index contributed by atoms with van der Waals surface area (Å²) in [6.45, 7) is 0.460. The summed E-state index contributed by atoms with van der Waals surface area (Å²) in [4.78, 5) is 24.7. The van der Waals surface area contributed by atoms with Gasteiger partial charge in [-0.15, -0.1) is 0 Å². The van der Waals surface area contributed by atoms with E-state index < -0.39 is 0 Å². The van der Waals surface area contributed by atoms with Crippen molar-refractivity contribution in [3.8, 4) is 11.8 Å². The molecule has 0 fully saturated rings. The lowest BCUT2D eigenvalue weighted by Crippen LogP contribution is -2.31. The lowest BCUT2D eigenvalue weighted by molar-refractivity contribution is -0.121. The monoisotopic (exact) mass is 469 g/mol. The summed E-state index contributed by atoms with van der Waals surface area (Å²) in [5.74, 6) is 0.0232. The Balaban J connectivity index is 1.43. The summed E-state index contributed by atoms with van der Waals surface area (Å²) in [5.41, 5.74) is 3.08. The number of nitrogens with zero attached hydrogens (tertiary/aromatic N) is 1. The average molecular weight is 470 g/mol. The zero-order valence-corrected chi connectivity index (χ0v) is 19.2. The lowest BCUT2D eigenvalue weighted by Gasteiger charge is -2.25. The van der Waals surface area contributed by atoms with Gasteiger partial charge in [0.25, 0.3) is 0 Å². The number of carbonyl (C=O) groups excluding carboxylic acids is 2. The molecule has 1 atom stereocenters. The number of anilines is 1. The Morgan fingerprint density at radius 1 is 1.03 bits per heavy atom. The van der Waals surface area contributed by atoms with Crippen molar-refractivity contribution in [3.05, 3.63) is 107 Å². The van der Waals surface area contributed by atoms with Gasteiger partial charge in [0, 0.05) is 18.0 Å². The van der Waals surface area contributed by atoms with E-state index in [4.69, 9.17) is 4.74 Å². The van der Waals surface area contributed by atoms with Gasteiger partial charge in [-0.25, -0.2) is 0 Å². The fourth-order valence-electron chi connectivity index (χ4n) is 3.61. The van der Waals surface area contributed by atoms with Crippen molar-refractivity contribution in [2.45, 2.75) is 18.9 Å². The molecule has 0 radical (unpaired) electrons. The van der Waals surface area contributed by atoms with Gasteiger partial charge in [-0.05, 0) is 35.4 Å². The smallest absolute Gasteiger partial charge is 0.234 e. The van der Waals surface area contributed by atoms with Crippen molar-refractivity contribution >= 4 is 29.3 Å². The minimum atomic E-state index is -0.374. The molecular weight excluding hydrogens is 446 g/mol. The predicted octanol–water partition coefficient (Wildman–Crippen LogP) is 4.98. The molecule has 0 unspecified atom stereocenters. The summed E-state index contributed by atoms with van der Waals surface area (Å²) >= 11 is 1.16. The van der Waals surface area contributed by atoms with Crippen LogP contribution in [-0.4, -0.2) is 17.6 Å². The van der Waals surface area contributed by atoms with Crippen molar-refractivity contribution in [3.63, 3.8) is 0 Å². The number of amides is 2. The molecule has 0 bridgehead atoms. The molecule has 0 aromatic heterocycles. The highest BCUT2D eigenvalue weighted by molar-refractivity contribution is 8.03. The molecule has 3 aromatic carbocycles. The first kappa shape index (κ1) is 23.1. The fraction of sp³-hybridized carbons (Fsp3) is 0.148. The van der Waals surface area contributed by atoms with Crippen molar-refractivity contribution < 1.29 is 14.3 Å². The zero-order valence-electron chi connectivity index (χ0n) is 18.4. The number of nitrogens with one attached hydrogen (secondary N) is 2. The highest BCUT2D eigenvalue weighted by Gasteiger charge is 2.30. The predicted molar refractivity (Wildman–Crippen MR) is 133 cm³/mol. The second-order valence-electron chi connectivity index (χ2n) is 7.71. The lowest BCUT2D eigenvalue weighted by atomic mass is 9.87. The van der Waals surface area contributed by atoms with E-state index in [0.29, 0.717) is 28.6 Å². The van der Waals surface area contributed by atoms with Crippen LogP contribution in [0.25, 0.3) is 0 Å². The molecular formula is C27H23N3O3S. The van der Waals surface area contributed by atoms with Crippen LogP contribution in [0.2, 0.25) is 0 Å². The number of nitriles is 1. The third-order valence-corrected chi connectivity index (χ3v) is 6.31. The summed E-state index contributed by atoms with van der Waals surface area (Å²) in [7, 11) is 0. The first-order chi connectivity index (χ1) is 16.6. The Bertz CT molecular complexity index is 1220. The van der Waals surface area contributed by atoms with Crippen LogP contribution in [0.4, 0.5) is 5.69 Å². The van der Waals surface area contributed by atoms with E-state index >= 15 is 0 Å². The number of benzene rings is 3. The average Bonchev–Trinajstić information content (AvgIpc) is 2.87. The Kier molecular flexibility index (Phi) is 7.63. The molecule has 4 rings (SSSR count). The topological polar surface area (TPSA) is 91.2 Å². The van der Waals surface area contributed by atoms with E-state index in [2.05, 4.69) is 16.7 Å². The maximum absolute atomic E-state index is 12.4. The summed E-state index contributed by atoms with van der Waals surface area (Å²) in [5, 5.41) is 15.8. The molecule has 1 aliphatic rings. The van der Waals surface area contributed by atoms with Gasteiger partial charge >= 0.3 is 0 Å². The zero-order chi connectivity index (χ0) is 23.8. The first-order valence-electron chi connectivity index (χ1n) is 10.8. The van der Waals surface area contributed by atoms with Crippen LogP contribution in [0.15, 0.2) is 95.5 Å². The minimum Gasteiger partial charge on any atom is -0.489 e. The third kappa shape index (κ3) is 6.06. The number of ether oxygens (including phenoxy) is 1. The molecule has 0 spiro atoms. The van der Waals surface area contributed by atoms with Crippen LogP contribution in [0.5, 0.6) is 5.75 Å². The molecule has 2 N–H and O–H groups in total. The molecule has 2 amide bonds. The van der Waals surface area contributed by atoms with Crippen LogP contribution in [0.3, 0.4) is 0 Å². The van der Waals surface area contributed by atoms with Gasteiger partial charge in [-0.3, -0.25) is 9.59 Å². The second-order valence-corrected chi connectivity index (χ2v) is 8.69. The highest BCUT2D eigenvalue weighted by Crippen LogP contribution is 2.36. The number of thioether (sulfide) groups is 1. The van der Waals surface area contributed by atoms with Crippen molar-refractivity contribution in [1.82, 2.24) is 5.32 Å². The van der Waals surface area contributed by atoms with Gasteiger partial charge in [0.1, 0.15) is 12.4 Å². The molecule has 0 aliphatic carbocycles. The highest BCUT2D eigenvalue weighted by atomic mass is 32.2. The SMILES string of the molecule is N#CC1=C(SCC(=O)Nc2ccccc2)NC(=O)C[C@@H]1c1ccc(OCc2ccccc2)cc1. The number of allylic oxidation sites excluding steroid dienone is 1. The Morgan fingerprint density at radius 3 is 2.38 bits per heavy atom. The number of carbonyl (C=O) groups is 2. The molecule has 3 aromatic rings. The van der Waals surface area contributed by atoms with Crippen LogP contribution in [-0.2, 0) is 16.2 Å². The molecule has 1 aliphatic heterocycles. The molecule has 7 heteroatoms. The quantitative estimate of drug-likeness (QED) is 0.486. The van der Waals surface area contributed by atoms with E-state index in [1.807, 2.05) is 72.8 Å². The van der Waals surface area contributed by atoms with Crippen molar-refractivity contribution in [1.29, 1.82) is 5.26 Å². The third-order valence-electron chi connectivity index (χ3n) is 5.29. The van der Waals surface area contributed by atoms with E-state index in [0.717, 1.165) is 22.9 Å². The summed E-state index contributed by atoms with van der Waals surface area (Å²) in [6, 6.07) is 28.7. The van der Waals surface area contributed by atoms with Crippen molar-refractivity contribution in [2.24, 2.45) is 0 Å². The van der Waals surface area contributed by atoms with Gasteiger partial charge in [0.15, 0.2) is 0 Å². The summed E-state index contributed by atoms with van der Waals surface area (Å²) in [6.07, 6.45) is 0.174. The maximum atomic E-state index is 12.4. The van der Waals surface area contributed by atoms with E-state index in [9.17, 15) is 14.9 Å². The number of hydrogen-bond donors (Lipinski definition) is 2. The first-order valence-corrected chi connectivity index (χ1v) is 11.8. The van der Waals surface area contributed by atoms with Gasteiger partial charge in [0.2, 0.25) is 11.8 Å². The number of rotatable bonds is 8. The van der Waals surface area contributed by atoms with Crippen LogP contribution >= 0.6 is 11.8 Å². The Labute approximate surface area is 202 Å². The van der Waals surface area contributed by atoms with Gasteiger partial charge in [-0.1, -0.05) is 72.4 Å².